The van der Waals surface area contributed by atoms with Crippen LogP contribution in [0.5, 0.6) is 0 Å². The summed E-state index contributed by atoms with van der Waals surface area (Å²) in [6.07, 6.45) is 3.42. The van der Waals surface area contributed by atoms with Gasteiger partial charge in [-0.05, 0) is 30.1 Å². The predicted molar refractivity (Wildman–Crippen MR) is 67.1 cm³/mol. The van der Waals surface area contributed by atoms with Crippen molar-refractivity contribution in [1.82, 2.24) is 5.32 Å². The van der Waals surface area contributed by atoms with Gasteiger partial charge in [0.2, 0.25) is 5.91 Å². The molecule has 1 N–H and O–H groups in total. The maximum absolute atomic E-state index is 11.3. The van der Waals surface area contributed by atoms with Gasteiger partial charge in [-0.1, -0.05) is 43.6 Å². The van der Waals surface area contributed by atoms with Gasteiger partial charge in [-0.2, -0.15) is 0 Å². The van der Waals surface area contributed by atoms with Crippen LogP contribution in [0.3, 0.4) is 0 Å². The highest BCUT2D eigenvalue weighted by atomic mass is 79.9. The van der Waals surface area contributed by atoms with E-state index in [2.05, 4.69) is 48.9 Å². The van der Waals surface area contributed by atoms with Crippen molar-refractivity contribution >= 4 is 21.8 Å². The van der Waals surface area contributed by atoms with Gasteiger partial charge in [-0.15, -0.1) is 0 Å². The first-order valence-electron chi connectivity index (χ1n) is 5.59. The zero-order chi connectivity index (χ0) is 11.7. The quantitative estimate of drug-likeness (QED) is 0.771. The summed E-state index contributed by atoms with van der Waals surface area (Å²) in [4.78, 5) is 11.3. The van der Waals surface area contributed by atoms with Gasteiger partial charge in [0, 0.05) is 6.04 Å². The molecule has 0 atom stereocenters. The lowest BCUT2D eigenvalue weighted by Crippen LogP contribution is -2.46. The number of hydrogen-bond acceptors (Lipinski definition) is 1. The Bertz CT molecular complexity index is 232. The van der Waals surface area contributed by atoms with E-state index in [-0.39, 0.29) is 5.91 Å². The lowest BCUT2D eigenvalue weighted by Gasteiger charge is -2.45. The summed E-state index contributed by atoms with van der Waals surface area (Å²) < 4.78 is 0. The van der Waals surface area contributed by atoms with Crippen molar-refractivity contribution in [2.45, 2.75) is 53.0 Å². The highest BCUT2D eigenvalue weighted by Gasteiger charge is 2.38. The van der Waals surface area contributed by atoms with Gasteiger partial charge in [0.15, 0.2) is 0 Å². The first-order chi connectivity index (χ1) is 6.74. The zero-order valence-electron chi connectivity index (χ0n) is 10.2. The first kappa shape index (κ1) is 13.0. The van der Waals surface area contributed by atoms with Gasteiger partial charge in [0.1, 0.15) is 0 Å². The maximum atomic E-state index is 11.3. The van der Waals surface area contributed by atoms with Gasteiger partial charge < -0.3 is 5.32 Å². The maximum Gasteiger partial charge on any atom is 0.230 e. The molecule has 0 unspecified atom stereocenters. The van der Waals surface area contributed by atoms with Crippen LogP contribution in [0, 0.1) is 10.8 Å². The van der Waals surface area contributed by atoms with Crippen LogP contribution in [0.4, 0.5) is 0 Å². The number of hydrogen-bond donors (Lipinski definition) is 1. The summed E-state index contributed by atoms with van der Waals surface area (Å²) in [5, 5.41) is 3.50. The fourth-order valence-corrected chi connectivity index (χ4v) is 3.38. The number of halogens is 1. The Kier molecular flexibility index (Phi) is 3.85. The van der Waals surface area contributed by atoms with Gasteiger partial charge >= 0.3 is 0 Å². The summed E-state index contributed by atoms with van der Waals surface area (Å²) in [7, 11) is 0. The average molecular weight is 276 g/mol. The Hall–Kier alpha value is -0.0500. The molecule has 3 heteroatoms. The minimum absolute atomic E-state index is 0.105. The molecule has 0 heterocycles. The molecule has 0 bridgehead atoms. The molecule has 1 fully saturated rings. The number of amides is 1. The van der Waals surface area contributed by atoms with Crippen LogP contribution in [0.15, 0.2) is 0 Å². The monoisotopic (exact) mass is 275 g/mol. The third kappa shape index (κ3) is 4.13. The standard InChI is InChI=1S/C12H22BrNO/c1-11(2)5-9(14-10(15)7-13)6-12(3,4)8-11/h9H,5-8H2,1-4H3,(H,14,15). The van der Waals surface area contributed by atoms with Gasteiger partial charge in [-0.3, -0.25) is 4.79 Å². The van der Waals surface area contributed by atoms with Crippen LogP contribution in [0.1, 0.15) is 47.0 Å². The van der Waals surface area contributed by atoms with E-state index in [1.165, 1.54) is 6.42 Å². The van der Waals surface area contributed by atoms with Crippen LogP contribution in [-0.4, -0.2) is 17.3 Å². The van der Waals surface area contributed by atoms with E-state index < -0.39 is 0 Å². The van der Waals surface area contributed by atoms with Crippen molar-refractivity contribution in [3.63, 3.8) is 0 Å². The Morgan fingerprint density at radius 1 is 1.27 bits per heavy atom. The number of rotatable bonds is 2. The van der Waals surface area contributed by atoms with Crippen molar-refractivity contribution in [1.29, 1.82) is 0 Å². The summed E-state index contributed by atoms with van der Waals surface area (Å²) in [5.41, 5.74) is 0.679. The molecule has 2 nitrogen and oxygen atoms in total. The highest BCUT2D eigenvalue weighted by molar-refractivity contribution is 9.09. The Morgan fingerprint density at radius 3 is 2.13 bits per heavy atom. The molecule has 0 aliphatic heterocycles. The van der Waals surface area contributed by atoms with E-state index in [4.69, 9.17) is 0 Å². The molecule has 0 aromatic rings. The van der Waals surface area contributed by atoms with Gasteiger partial charge in [-0.25, -0.2) is 0 Å². The smallest absolute Gasteiger partial charge is 0.230 e. The number of carbonyl (C=O) groups excluding carboxylic acids is 1. The number of nitrogens with one attached hydrogen (secondary N) is 1. The molecule has 0 saturated heterocycles. The first-order valence-corrected chi connectivity index (χ1v) is 6.72. The fraction of sp³-hybridized carbons (Fsp3) is 0.917. The van der Waals surface area contributed by atoms with E-state index in [0.29, 0.717) is 22.2 Å². The minimum atomic E-state index is 0.105. The summed E-state index contributed by atoms with van der Waals surface area (Å²) >= 11 is 3.19. The lowest BCUT2D eigenvalue weighted by molar-refractivity contribution is -0.120. The molecule has 0 spiro atoms. The van der Waals surface area contributed by atoms with E-state index in [1.54, 1.807) is 0 Å². The van der Waals surface area contributed by atoms with Crippen molar-refractivity contribution < 1.29 is 4.79 Å². The molecule has 88 valence electrons. The number of alkyl halides is 1. The molecule has 1 saturated carbocycles. The SMILES string of the molecule is CC1(C)CC(NC(=O)CBr)CC(C)(C)C1. The van der Waals surface area contributed by atoms with E-state index in [1.807, 2.05) is 0 Å². The van der Waals surface area contributed by atoms with Crippen LogP contribution in [0.2, 0.25) is 0 Å². The third-order valence-corrected chi connectivity index (χ3v) is 3.55. The van der Waals surface area contributed by atoms with Gasteiger partial charge in [0.25, 0.3) is 0 Å². The van der Waals surface area contributed by atoms with Crippen molar-refractivity contribution in [3.05, 3.63) is 0 Å². The minimum Gasteiger partial charge on any atom is -0.353 e. The second-order valence-electron chi connectivity index (χ2n) is 6.31. The Morgan fingerprint density at radius 2 is 1.73 bits per heavy atom. The Balaban J connectivity index is 2.63. The fourth-order valence-electron chi connectivity index (χ4n) is 3.21. The molecule has 1 aliphatic carbocycles. The predicted octanol–water partition coefficient (Wildman–Crippen LogP) is 3.10. The largest absolute Gasteiger partial charge is 0.353 e. The highest BCUT2D eigenvalue weighted by Crippen LogP contribution is 2.45. The van der Waals surface area contributed by atoms with Crippen LogP contribution >= 0.6 is 15.9 Å². The van der Waals surface area contributed by atoms with E-state index in [9.17, 15) is 4.79 Å². The van der Waals surface area contributed by atoms with Crippen molar-refractivity contribution in [3.8, 4) is 0 Å². The Labute approximate surface area is 101 Å². The second-order valence-corrected chi connectivity index (χ2v) is 6.87. The molecule has 15 heavy (non-hydrogen) atoms. The zero-order valence-corrected chi connectivity index (χ0v) is 11.8. The second kappa shape index (κ2) is 4.44. The van der Waals surface area contributed by atoms with Crippen LogP contribution in [0.25, 0.3) is 0 Å². The molecule has 0 radical (unpaired) electrons. The normalized spacial score (nSPS) is 24.9. The molecular formula is C12H22BrNO. The van der Waals surface area contributed by atoms with E-state index >= 15 is 0 Å². The molecule has 1 rings (SSSR count). The van der Waals surface area contributed by atoms with Crippen LogP contribution in [-0.2, 0) is 4.79 Å². The van der Waals surface area contributed by atoms with E-state index in [0.717, 1.165) is 12.8 Å². The molecule has 0 aromatic heterocycles. The topological polar surface area (TPSA) is 29.1 Å². The van der Waals surface area contributed by atoms with Crippen molar-refractivity contribution in [2.24, 2.45) is 10.8 Å². The third-order valence-electron chi connectivity index (χ3n) is 3.04. The summed E-state index contributed by atoms with van der Waals surface area (Å²) in [6, 6.07) is 0.341. The number of carbonyl (C=O) groups is 1. The summed E-state index contributed by atoms with van der Waals surface area (Å²) in [5.74, 6) is 0.105. The molecule has 1 aliphatic rings. The lowest BCUT2D eigenvalue weighted by atomic mass is 9.63. The molecule has 0 aromatic carbocycles. The van der Waals surface area contributed by atoms with Crippen LogP contribution < -0.4 is 5.32 Å². The van der Waals surface area contributed by atoms with Gasteiger partial charge in [0.05, 0.1) is 5.33 Å². The average Bonchev–Trinajstić information content (AvgIpc) is 1.97. The van der Waals surface area contributed by atoms with Crippen molar-refractivity contribution in [2.75, 3.05) is 5.33 Å². The molecular weight excluding hydrogens is 254 g/mol. The summed E-state index contributed by atoms with van der Waals surface area (Å²) in [6.45, 7) is 9.17. The molecule has 1 amide bonds.